The highest BCUT2D eigenvalue weighted by Crippen LogP contribution is 2.15. The molecule has 1 aromatic rings. The maximum atomic E-state index is 12.0. The third-order valence-electron chi connectivity index (χ3n) is 3.14. The molecule has 2 N–H and O–H groups in total. The van der Waals surface area contributed by atoms with Gasteiger partial charge in [0.1, 0.15) is 6.33 Å². The lowest BCUT2D eigenvalue weighted by Crippen LogP contribution is -2.53. The Bertz CT molecular complexity index is 444. The number of hydrogen-bond donors (Lipinski definition) is 2. The normalized spacial score (nSPS) is 23.5. The van der Waals surface area contributed by atoms with E-state index in [0.29, 0.717) is 26.2 Å². The third-order valence-corrected chi connectivity index (χ3v) is 3.14. The van der Waals surface area contributed by atoms with Gasteiger partial charge in [0, 0.05) is 26.2 Å². The van der Waals surface area contributed by atoms with Crippen LogP contribution < -0.4 is 5.32 Å². The molecular weight excluding hydrogens is 224 g/mol. The zero-order valence-corrected chi connectivity index (χ0v) is 9.09. The molecule has 90 valence electrons. The monoisotopic (exact) mass is 236 g/mol. The largest absolute Gasteiger partial charge is 0.336 e. The molecule has 8 nitrogen and oxygen atoms in total. The molecule has 1 unspecified atom stereocenters. The summed E-state index contributed by atoms with van der Waals surface area (Å²) in [6, 6.07) is 0.0323. The van der Waals surface area contributed by atoms with Crippen LogP contribution in [-0.4, -0.2) is 69.1 Å². The van der Waals surface area contributed by atoms with Crippen LogP contribution in [0, 0.1) is 0 Å². The van der Waals surface area contributed by atoms with E-state index in [1.54, 1.807) is 9.80 Å². The second kappa shape index (κ2) is 3.72. The van der Waals surface area contributed by atoms with E-state index in [1.807, 2.05) is 0 Å². The van der Waals surface area contributed by atoms with E-state index >= 15 is 0 Å². The van der Waals surface area contributed by atoms with E-state index in [0.717, 1.165) is 0 Å². The first-order valence-corrected chi connectivity index (χ1v) is 5.45. The van der Waals surface area contributed by atoms with Crippen molar-refractivity contribution in [2.75, 3.05) is 26.2 Å². The Balaban J connectivity index is 1.71. The van der Waals surface area contributed by atoms with Gasteiger partial charge in [-0.3, -0.25) is 9.89 Å². The summed E-state index contributed by atoms with van der Waals surface area (Å²) in [5.41, 5.74) is 0. The number of nitrogens with zero attached hydrogens (tertiary/aromatic N) is 4. The number of carbonyl (C=O) groups is 2. The molecule has 8 heteroatoms. The molecule has 2 saturated heterocycles. The number of piperazine rings is 1. The fourth-order valence-corrected chi connectivity index (χ4v) is 2.25. The average Bonchev–Trinajstić information content (AvgIpc) is 2.98. The zero-order valence-electron chi connectivity index (χ0n) is 9.09. The van der Waals surface area contributed by atoms with Crippen LogP contribution in [-0.2, 0) is 0 Å². The maximum Gasteiger partial charge on any atom is 0.317 e. The molecule has 0 bridgehead atoms. The third kappa shape index (κ3) is 1.61. The van der Waals surface area contributed by atoms with Crippen molar-refractivity contribution in [1.82, 2.24) is 30.3 Å². The molecule has 0 saturated carbocycles. The Hall–Kier alpha value is -2.12. The molecule has 1 atom stereocenters. The van der Waals surface area contributed by atoms with Crippen LogP contribution in [0.2, 0.25) is 0 Å². The smallest absolute Gasteiger partial charge is 0.317 e. The highest BCUT2D eigenvalue weighted by Gasteiger charge is 2.37. The van der Waals surface area contributed by atoms with Crippen LogP contribution in [0.25, 0.3) is 0 Å². The number of urea groups is 1. The van der Waals surface area contributed by atoms with Crippen LogP contribution in [0.1, 0.15) is 10.6 Å². The van der Waals surface area contributed by atoms with Gasteiger partial charge in [-0.1, -0.05) is 0 Å². The van der Waals surface area contributed by atoms with Crippen LogP contribution in [0.15, 0.2) is 6.33 Å². The number of hydrogen-bond acceptors (Lipinski definition) is 4. The minimum Gasteiger partial charge on any atom is -0.336 e. The Morgan fingerprint density at radius 3 is 3.12 bits per heavy atom. The lowest BCUT2D eigenvalue weighted by molar-refractivity contribution is 0.0605. The minimum absolute atomic E-state index is 0.0400. The van der Waals surface area contributed by atoms with Gasteiger partial charge in [0.2, 0.25) is 5.82 Å². The summed E-state index contributed by atoms with van der Waals surface area (Å²) in [4.78, 5) is 30.7. The molecule has 0 radical (unpaired) electrons. The Morgan fingerprint density at radius 2 is 2.35 bits per heavy atom. The van der Waals surface area contributed by atoms with Gasteiger partial charge in [0.05, 0.1) is 6.04 Å². The van der Waals surface area contributed by atoms with Gasteiger partial charge in [0.15, 0.2) is 0 Å². The van der Waals surface area contributed by atoms with Gasteiger partial charge in [-0.15, -0.1) is 0 Å². The van der Waals surface area contributed by atoms with E-state index in [-0.39, 0.29) is 23.8 Å². The van der Waals surface area contributed by atoms with Gasteiger partial charge in [-0.2, -0.15) is 5.10 Å². The summed E-state index contributed by atoms with van der Waals surface area (Å²) in [6.45, 7) is 2.23. The van der Waals surface area contributed by atoms with Gasteiger partial charge < -0.3 is 15.1 Å². The zero-order chi connectivity index (χ0) is 11.8. The van der Waals surface area contributed by atoms with Crippen molar-refractivity contribution in [3.05, 3.63) is 12.2 Å². The lowest BCUT2D eigenvalue weighted by atomic mass is 10.2. The molecule has 17 heavy (non-hydrogen) atoms. The second-order valence-corrected chi connectivity index (χ2v) is 4.12. The van der Waals surface area contributed by atoms with Gasteiger partial charge in [0.25, 0.3) is 5.91 Å². The molecule has 2 aliphatic heterocycles. The fourth-order valence-electron chi connectivity index (χ4n) is 2.25. The number of H-pyrrole nitrogens is 1. The second-order valence-electron chi connectivity index (χ2n) is 4.12. The van der Waals surface area contributed by atoms with Crippen LogP contribution in [0.4, 0.5) is 4.79 Å². The Kier molecular flexibility index (Phi) is 2.20. The molecule has 0 aromatic carbocycles. The molecule has 2 fully saturated rings. The summed E-state index contributed by atoms with van der Waals surface area (Å²) in [7, 11) is 0. The molecule has 0 spiro atoms. The van der Waals surface area contributed by atoms with E-state index in [2.05, 4.69) is 20.5 Å². The topological polar surface area (TPSA) is 94.2 Å². The number of nitrogens with one attached hydrogen (secondary N) is 2. The number of aromatic amines is 1. The van der Waals surface area contributed by atoms with E-state index in [1.165, 1.54) is 6.33 Å². The van der Waals surface area contributed by atoms with E-state index in [4.69, 9.17) is 0 Å². The van der Waals surface area contributed by atoms with Crippen molar-refractivity contribution in [2.24, 2.45) is 0 Å². The summed E-state index contributed by atoms with van der Waals surface area (Å²) in [5.74, 6) is 0.0808. The summed E-state index contributed by atoms with van der Waals surface area (Å²) in [5, 5.41) is 8.98. The predicted molar refractivity (Wildman–Crippen MR) is 56.2 cm³/mol. The van der Waals surface area contributed by atoms with E-state index < -0.39 is 0 Å². The minimum atomic E-state index is -0.165. The van der Waals surface area contributed by atoms with Crippen LogP contribution in [0.5, 0.6) is 0 Å². The number of carbonyl (C=O) groups excluding carboxylic acids is 2. The number of rotatable bonds is 1. The van der Waals surface area contributed by atoms with Crippen molar-refractivity contribution in [1.29, 1.82) is 0 Å². The SMILES string of the molecule is O=C(c1ncn[nH]1)N1CCN2C(=O)NCC2C1. The summed E-state index contributed by atoms with van der Waals surface area (Å²) in [6.07, 6.45) is 1.31. The molecule has 3 amide bonds. The fraction of sp³-hybridized carbons (Fsp3) is 0.556. The predicted octanol–water partition coefficient (Wildman–Crippen LogP) is -1.35. The van der Waals surface area contributed by atoms with Crippen LogP contribution >= 0.6 is 0 Å². The van der Waals surface area contributed by atoms with Crippen LogP contribution in [0.3, 0.4) is 0 Å². The molecule has 3 rings (SSSR count). The maximum absolute atomic E-state index is 12.0. The summed E-state index contributed by atoms with van der Waals surface area (Å²) < 4.78 is 0. The molecular formula is C9H12N6O2. The number of aromatic nitrogens is 3. The average molecular weight is 236 g/mol. The Labute approximate surface area is 97.0 Å². The number of fused-ring (bicyclic) bond motifs is 1. The van der Waals surface area contributed by atoms with Crippen molar-refractivity contribution < 1.29 is 9.59 Å². The molecule has 3 heterocycles. The van der Waals surface area contributed by atoms with Crippen molar-refractivity contribution in [3.8, 4) is 0 Å². The number of amides is 3. The molecule has 2 aliphatic rings. The standard InChI is InChI=1S/C9H12N6O2/c16-8(7-11-5-12-13-7)14-1-2-15-6(4-14)3-10-9(15)17/h5-6H,1-4H2,(H,10,17)(H,11,12,13). The summed E-state index contributed by atoms with van der Waals surface area (Å²) >= 11 is 0. The quantitative estimate of drug-likeness (QED) is 0.630. The van der Waals surface area contributed by atoms with Crippen molar-refractivity contribution in [2.45, 2.75) is 6.04 Å². The van der Waals surface area contributed by atoms with Crippen molar-refractivity contribution >= 4 is 11.9 Å². The van der Waals surface area contributed by atoms with Gasteiger partial charge in [-0.05, 0) is 0 Å². The van der Waals surface area contributed by atoms with Gasteiger partial charge >= 0.3 is 6.03 Å². The Morgan fingerprint density at radius 1 is 1.47 bits per heavy atom. The molecule has 1 aromatic heterocycles. The first-order chi connectivity index (χ1) is 8.25. The first kappa shape index (κ1) is 10.1. The molecule has 0 aliphatic carbocycles. The lowest BCUT2D eigenvalue weighted by Gasteiger charge is -2.35. The highest BCUT2D eigenvalue weighted by molar-refractivity contribution is 5.90. The first-order valence-electron chi connectivity index (χ1n) is 5.45. The van der Waals surface area contributed by atoms with Gasteiger partial charge in [-0.25, -0.2) is 9.78 Å². The highest BCUT2D eigenvalue weighted by atomic mass is 16.2. The van der Waals surface area contributed by atoms with E-state index in [9.17, 15) is 9.59 Å². The van der Waals surface area contributed by atoms with Crippen molar-refractivity contribution in [3.63, 3.8) is 0 Å².